The van der Waals surface area contributed by atoms with E-state index in [4.69, 9.17) is 9.15 Å². The highest BCUT2D eigenvalue weighted by Gasteiger charge is 2.38. The molecule has 1 N–H and O–H groups in total. The smallest absolute Gasteiger partial charge is 0.373 e. The van der Waals surface area contributed by atoms with Crippen LogP contribution in [0.1, 0.15) is 68.3 Å². The zero-order chi connectivity index (χ0) is 14.6. The topological polar surface area (TPSA) is 51.5 Å². The average molecular weight is 279 g/mol. The Balaban J connectivity index is 2.23. The molecule has 0 saturated heterocycles. The van der Waals surface area contributed by atoms with E-state index in [0.717, 1.165) is 12.3 Å². The van der Waals surface area contributed by atoms with Gasteiger partial charge in [0.15, 0.2) is 0 Å². The zero-order valence-electron chi connectivity index (χ0n) is 12.7. The van der Waals surface area contributed by atoms with Crippen molar-refractivity contribution >= 4 is 5.97 Å². The van der Waals surface area contributed by atoms with Gasteiger partial charge in [0.25, 0.3) is 0 Å². The lowest BCUT2D eigenvalue weighted by atomic mass is 9.70. The molecular formula is C16H25NO3. The number of nitrogens with one attached hydrogen (secondary N) is 1. The second kappa shape index (κ2) is 6.44. The maximum atomic E-state index is 11.5. The van der Waals surface area contributed by atoms with Crippen molar-refractivity contribution in [3.63, 3.8) is 0 Å². The van der Waals surface area contributed by atoms with E-state index in [9.17, 15) is 4.79 Å². The third kappa shape index (κ3) is 3.06. The largest absolute Gasteiger partial charge is 0.463 e. The fourth-order valence-corrected chi connectivity index (χ4v) is 3.26. The molecule has 1 fully saturated rings. The Bertz CT molecular complexity index is 446. The molecular weight excluding hydrogens is 254 g/mol. The van der Waals surface area contributed by atoms with Crippen LogP contribution in [0.25, 0.3) is 0 Å². The van der Waals surface area contributed by atoms with Gasteiger partial charge in [0, 0.05) is 0 Å². The van der Waals surface area contributed by atoms with E-state index >= 15 is 0 Å². The van der Waals surface area contributed by atoms with E-state index in [1.54, 1.807) is 6.07 Å². The first-order valence-corrected chi connectivity index (χ1v) is 7.52. The number of carbonyl (C=O) groups is 1. The molecule has 1 unspecified atom stereocenters. The first-order valence-electron chi connectivity index (χ1n) is 7.52. The summed E-state index contributed by atoms with van der Waals surface area (Å²) in [6, 6.07) is 3.77. The number of esters is 1. The van der Waals surface area contributed by atoms with Crippen molar-refractivity contribution in [2.45, 2.75) is 52.0 Å². The molecule has 0 aromatic carbocycles. The molecule has 1 atom stereocenters. The Labute approximate surface area is 120 Å². The molecule has 0 radical (unpaired) electrons. The monoisotopic (exact) mass is 279 g/mol. The number of carbonyl (C=O) groups excluding carboxylic acids is 1. The Hall–Kier alpha value is -1.29. The fraction of sp³-hybridized carbons (Fsp3) is 0.688. The van der Waals surface area contributed by atoms with Crippen LogP contribution < -0.4 is 5.32 Å². The molecule has 1 aromatic heterocycles. The van der Waals surface area contributed by atoms with Crippen LogP contribution in [0, 0.1) is 5.41 Å². The summed E-state index contributed by atoms with van der Waals surface area (Å²) in [5.74, 6) is 0.710. The standard InChI is InChI=1S/C16H25NO3/c1-4-17-14(16(2)10-6-5-7-11-16)12-8-9-13(20-12)15(18)19-3/h8-9,14,17H,4-7,10-11H2,1-3H3. The Kier molecular flexibility index (Phi) is 4.86. The van der Waals surface area contributed by atoms with Gasteiger partial charge in [0.2, 0.25) is 5.76 Å². The summed E-state index contributed by atoms with van der Waals surface area (Å²) in [6.45, 7) is 5.30. The van der Waals surface area contributed by atoms with Crippen molar-refractivity contribution in [3.05, 3.63) is 23.7 Å². The lowest BCUT2D eigenvalue weighted by molar-refractivity contribution is 0.0555. The molecule has 2 rings (SSSR count). The van der Waals surface area contributed by atoms with Crippen molar-refractivity contribution in [1.82, 2.24) is 5.32 Å². The molecule has 0 aliphatic heterocycles. The van der Waals surface area contributed by atoms with Crippen LogP contribution in [0.3, 0.4) is 0 Å². The quantitative estimate of drug-likeness (QED) is 0.835. The van der Waals surface area contributed by atoms with Crippen molar-refractivity contribution in [2.75, 3.05) is 13.7 Å². The number of hydrogen-bond acceptors (Lipinski definition) is 4. The molecule has 0 bridgehead atoms. The van der Waals surface area contributed by atoms with Crippen LogP contribution >= 0.6 is 0 Å². The maximum Gasteiger partial charge on any atom is 0.373 e. The van der Waals surface area contributed by atoms with Gasteiger partial charge in [-0.1, -0.05) is 33.1 Å². The maximum absolute atomic E-state index is 11.5. The molecule has 20 heavy (non-hydrogen) atoms. The van der Waals surface area contributed by atoms with Crippen molar-refractivity contribution < 1.29 is 13.9 Å². The minimum atomic E-state index is -0.416. The first-order chi connectivity index (χ1) is 9.60. The molecule has 4 heteroatoms. The van der Waals surface area contributed by atoms with E-state index in [2.05, 4.69) is 19.2 Å². The van der Waals surface area contributed by atoms with E-state index in [-0.39, 0.29) is 17.2 Å². The highest BCUT2D eigenvalue weighted by atomic mass is 16.5. The zero-order valence-corrected chi connectivity index (χ0v) is 12.7. The third-order valence-electron chi connectivity index (χ3n) is 4.40. The molecule has 4 nitrogen and oxygen atoms in total. The van der Waals surface area contributed by atoms with Gasteiger partial charge in [-0.15, -0.1) is 0 Å². The summed E-state index contributed by atoms with van der Waals surface area (Å²) >= 11 is 0. The fourth-order valence-electron chi connectivity index (χ4n) is 3.26. The third-order valence-corrected chi connectivity index (χ3v) is 4.40. The number of hydrogen-bond donors (Lipinski definition) is 1. The minimum absolute atomic E-state index is 0.159. The van der Waals surface area contributed by atoms with Crippen molar-refractivity contribution in [3.8, 4) is 0 Å². The lowest BCUT2D eigenvalue weighted by Gasteiger charge is -2.40. The lowest BCUT2D eigenvalue weighted by Crippen LogP contribution is -2.37. The summed E-state index contributed by atoms with van der Waals surface area (Å²) in [7, 11) is 1.37. The second-order valence-electron chi connectivity index (χ2n) is 5.90. The van der Waals surface area contributed by atoms with Crippen molar-refractivity contribution in [2.24, 2.45) is 5.41 Å². The van der Waals surface area contributed by atoms with E-state index in [1.165, 1.54) is 39.2 Å². The van der Waals surface area contributed by atoms with Gasteiger partial charge in [-0.25, -0.2) is 4.79 Å². The van der Waals surface area contributed by atoms with Gasteiger partial charge in [0.05, 0.1) is 13.2 Å². The number of rotatable bonds is 5. The molecule has 0 spiro atoms. The van der Waals surface area contributed by atoms with Gasteiger partial charge >= 0.3 is 5.97 Å². The SMILES string of the molecule is CCNC(c1ccc(C(=O)OC)o1)C1(C)CCCCC1. The van der Waals surface area contributed by atoms with Gasteiger partial charge in [-0.3, -0.25) is 0 Å². The van der Waals surface area contributed by atoms with Crippen LogP contribution in [0.15, 0.2) is 16.5 Å². The van der Waals surface area contributed by atoms with Crippen LogP contribution in [0.5, 0.6) is 0 Å². The number of ether oxygens (including phenoxy) is 1. The predicted molar refractivity (Wildman–Crippen MR) is 77.7 cm³/mol. The Morgan fingerprint density at radius 1 is 1.40 bits per heavy atom. The summed E-state index contributed by atoms with van der Waals surface area (Å²) in [5, 5.41) is 3.53. The summed E-state index contributed by atoms with van der Waals surface area (Å²) in [6.07, 6.45) is 6.24. The van der Waals surface area contributed by atoms with Crippen LogP contribution in [-0.2, 0) is 4.74 Å². The molecule has 1 heterocycles. The highest BCUT2D eigenvalue weighted by Crippen LogP contribution is 2.45. The van der Waals surface area contributed by atoms with Crippen LogP contribution in [0.4, 0.5) is 0 Å². The number of furan rings is 1. The van der Waals surface area contributed by atoms with Gasteiger partial charge in [-0.05, 0) is 36.9 Å². The highest BCUT2D eigenvalue weighted by molar-refractivity contribution is 5.86. The Morgan fingerprint density at radius 2 is 2.10 bits per heavy atom. The average Bonchev–Trinajstić information content (AvgIpc) is 2.94. The molecule has 0 amide bonds. The minimum Gasteiger partial charge on any atom is -0.463 e. The van der Waals surface area contributed by atoms with E-state index in [1.807, 2.05) is 6.07 Å². The normalized spacial score (nSPS) is 19.6. The first kappa shape index (κ1) is 15.1. The van der Waals surface area contributed by atoms with Crippen LogP contribution in [0.2, 0.25) is 0 Å². The summed E-state index contributed by atoms with van der Waals surface area (Å²) < 4.78 is 10.4. The molecule has 1 aliphatic rings. The number of methoxy groups -OCH3 is 1. The van der Waals surface area contributed by atoms with Gasteiger partial charge < -0.3 is 14.5 Å². The summed E-state index contributed by atoms with van der Waals surface area (Å²) in [5.41, 5.74) is 0.194. The second-order valence-corrected chi connectivity index (χ2v) is 5.90. The van der Waals surface area contributed by atoms with Crippen molar-refractivity contribution in [1.29, 1.82) is 0 Å². The molecule has 1 aliphatic carbocycles. The van der Waals surface area contributed by atoms with E-state index < -0.39 is 5.97 Å². The van der Waals surface area contributed by atoms with Crippen LogP contribution in [-0.4, -0.2) is 19.6 Å². The van der Waals surface area contributed by atoms with Gasteiger partial charge in [-0.2, -0.15) is 0 Å². The molecule has 1 aromatic rings. The van der Waals surface area contributed by atoms with Gasteiger partial charge in [0.1, 0.15) is 5.76 Å². The summed E-state index contributed by atoms with van der Waals surface area (Å²) in [4.78, 5) is 11.5. The Morgan fingerprint density at radius 3 is 2.70 bits per heavy atom. The predicted octanol–water partition coefficient (Wildman–Crippen LogP) is 3.69. The van der Waals surface area contributed by atoms with E-state index in [0.29, 0.717) is 0 Å². The molecule has 112 valence electrons. The molecule has 1 saturated carbocycles.